The molecule has 2 rings (SSSR count). The largest absolute Gasteiger partial charge is 0.381 e. The van der Waals surface area contributed by atoms with Crippen molar-refractivity contribution in [3.8, 4) is 0 Å². The summed E-state index contributed by atoms with van der Waals surface area (Å²) in [5.74, 6) is 0.826. The molecule has 0 unspecified atom stereocenters. The Morgan fingerprint density at radius 3 is 2.50 bits per heavy atom. The van der Waals surface area contributed by atoms with Crippen molar-refractivity contribution in [1.82, 2.24) is 4.90 Å². The summed E-state index contributed by atoms with van der Waals surface area (Å²) < 4.78 is 0. The molecule has 0 radical (unpaired) electrons. The van der Waals surface area contributed by atoms with Gasteiger partial charge in [-0.15, -0.1) is 0 Å². The van der Waals surface area contributed by atoms with Gasteiger partial charge in [-0.1, -0.05) is 18.5 Å². The van der Waals surface area contributed by atoms with Crippen molar-refractivity contribution < 1.29 is 4.79 Å². The summed E-state index contributed by atoms with van der Waals surface area (Å²) in [5, 5.41) is 4.18. The normalized spacial score (nSPS) is 22.4. The highest BCUT2D eigenvalue weighted by atomic mass is 35.5. The number of carbonyl (C=O) groups excluding carboxylic acids is 1. The minimum absolute atomic E-state index is 0.00184. The van der Waals surface area contributed by atoms with Gasteiger partial charge in [-0.3, -0.25) is 4.79 Å². The molecular formula is C16H23ClN2O. The minimum atomic E-state index is 0.00184. The van der Waals surface area contributed by atoms with Gasteiger partial charge >= 0.3 is 0 Å². The second-order valence-electron chi connectivity index (χ2n) is 6.00. The molecule has 20 heavy (non-hydrogen) atoms. The van der Waals surface area contributed by atoms with Gasteiger partial charge in [0.15, 0.2) is 0 Å². The summed E-state index contributed by atoms with van der Waals surface area (Å²) >= 11 is 6.24. The van der Waals surface area contributed by atoms with Crippen LogP contribution in [0.4, 0.5) is 5.69 Å². The Morgan fingerprint density at radius 1 is 1.25 bits per heavy atom. The fourth-order valence-electron chi connectivity index (χ4n) is 2.65. The molecular weight excluding hydrogens is 272 g/mol. The van der Waals surface area contributed by atoms with Gasteiger partial charge in [-0.25, -0.2) is 0 Å². The third-order valence-electron chi connectivity index (χ3n) is 3.99. The first-order chi connectivity index (χ1) is 9.47. The van der Waals surface area contributed by atoms with Crippen LogP contribution >= 0.6 is 11.6 Å². The Morgan fingerprint density at radius 2 is 1.90 bits per heavy atom. The third-order valence-corrected chi connectivity index (χ3v) is 4.32. The van der Waals surface area contributed by atoms with Gasteiger partial charge in [-0.2, -0.15) is 0 Å². The number of amides is 1. The van der Waals surface area contributed by atoms with E-state index in [-0.39, 0.29) is 5.91 Å². The van der Waals surface area contributed by atoms with E-state index in [2.05, 4.69) is 12.2 Å². The van der Waals surface area contributed by atoms with Crippen molar-refractivity contribution in [3.63, 3.8) is 0 Å². The molecule has 1 aromatic rings. The number of hydrogen-bond donors (Lipinski definition) is 1. The van der Waals surface area contributed by atoms with E-state index in [1.54, 1.807) is 31.1 Å². The van der Waals surface area contributed by atoms with E-state index in [9.17, 15) is 4.79 Å². The van der Waals surface area contributed by atoms with Crippen LogP contribution in [0.25, 0.3) is 0 Å². The summed E-state index contributed by atoms with van der Waals surface area (Å²) in [6.07, 6.45) is 4.85. The van der Waals surface area contributed by atoms with Gasteiger partial charge in [0.2, 0.25) is 0 Å². The van der Waals surface area contributed by atoms with Gasteiger partial charge in [0.1, 0.15) is 0 Å². The molecule has 0 aliphatic heterocycles. The first-order valence-corrected chi connectivity index (χ1v) is 7.63. The first-order valence-electron chi connectivity index (χ1n) is 7.25. The first kappa shape index (κ1) is 15.2. The quantitative estimate of drug-likeness (QED) is 0.913. The van der Waals surface area contributed by atoms with Crippen LogP contribution in [-0.4, -0.2) is 30.9 Å². The van der Waals surface area contributed by atoms with E-state index >= 15 is 0 Å². The van der Waals surface area contributed by atoms with E-state index in [1.165, 1.54) is 25.7 Å². The summed E-state index contributed by atoms with van der Waals surface area (Å²) in [4.78, 5) is 13.6. The fourth-order valence-corrected chi connectivity index (χ4v) is 2.82. The molecule has 4 heteroatoms. The fraction of sp³-hybridized carbons (Fsp3) is 0.562. The Kier molecular flexibility index (Phi) is 4.92. The molecule has 0 atom stereocenters. The van der Waals surface area contributed by atoms with Crippen molar-refractivity contribution in [2.75, 3.05) is 19.4 Å². The molecule has 0 saturated heterocycles. The van der Waals surface area contributed by atoms with Gasteiger partial charge in [0.05, 0.1) is 10.7 Å². The molecule has 1 saturated carbocycles. The molecule has 0 aromatic heterocycles. The molecule has 1 aromatic carbocycles. The molecule has 1 N–H and O–H groups in total. The maximum absolute atomic E-state index is 12.0. The van der Waals surface area contributed by atoms with Crippen molar-refractivity contribution >= 4 is 23.2 Å². The highest BCUT2D eigenvalue weighted by molar-refractivity contribution is 6.33. The van der Waals surface area contributed by atoms with Crippen LogP contribution in [0, 0.1) is 5.92 Å². The number of rotatable bonds is 3. The SMILES string of the molecule is CC1CCC(Nc2cc(C(=O)N(C)C)ccc2Cl)CC1. The lowest BCUT2D eigenvalue weighted by atomic mass is 9.87. The number of nitrogens with zero attached hydrogens (tertiary/aromatic N) is 1. The zero-order valence-electron chi connectivity index (χ0n) is 12.4. The number of nitrogens with one attached hydrogen (secondary N) is 1. The number of benzene rings is 1. The van der Waals surface area contributed by atoms with Crippen molar-refractivity contribution in [2.45, 2.75) is 38.6 Å². The zero-order chi connectivity index (χ0) is 14.7. The summed E-state index contributed by atoms with van der Waals surface area (Å²) in [5.41, 5.74) is 1.55. The second-order valence-corrected chi connectivity index (χ2v) is 6.40. The minimum Gasteiger partial charge on any atom is -0.381 e. The Bertz CT molecular complexity index is 479. The van der Waals surface area contributed by atoms with Crippen molar-refractivity contribution in [3.05, 3.63) is 28.8 Å². The second kappa shape index (κ2) is 6.49. The van der Waals surface area contributed by atoms with Gasteiger partial charge in [-0.05, 0) is 49.8 Å². The maximum Gasteiger partial charge on any atom is 0.253 e. The van der Waals surface area contributed by atoms with Crippen molar-refractivity contribution in [2.24, 2.45) is 5.92 Å². The lowest BCUT2D eigenvalue weighted by molar-refractivity contribution is 0.0827. The molecule has 1 aliphatic rings. The smallest absolute Gasteiger partial charge is 0.253 e. The van der Waals surface area contributed by atoms with Crippen LogP contribution < -0.4 is 5.32 Å². The zero-order valence-corrected chi connectivity index (χ0v) is 13.2. The Labute approximate surface area is 126 Å². The van der Waals surface area contributed by atoms with Crippen molar-refractivity contribution in [1.29, 1.82) is 0 Å². The monoisotopic (exact) mass is 294 g/mol. The molecule has 0 spiro atoms. The molecule has 0 bridgehead atoms. The number of anilines is 1. The van der Waals surface area contributed by atoms with Crippen LogP contribution in [0.3, 0.4) is 0 Å². The average molecular weight is 295 g/mol. The number of carbonyl (C=O) groups is 1. The van der Waals surface area contributed by atoms with E-state index in [0.29, 0.717) is 16.6 Å². The number of halogens is 1. The molecule has 0 heterocycles. The highest BCUT2D eigenvalue weighted by Crippen LogP contribution is 2.29. The van der Waals surface area contributed by atoms with Crippen LogP contribution in [-0.2, 0) is 0 Å². The van der Waals surface area contributed by atoms with Crippen LogP contribution in [0.2, 0.25) is 5.02 Å². The van der Waals surface area contributed by atoms with Crippen LogP contribution in [0.15, 0.2) is 18.2 Å². The maximum atomic E-state index is 12.0. The van der Waals surface area contributed by atoms with E-state index < -0.39 is 0 Å². The van der Waals surface area contributed by atoms with E-state index in [0.717, 1.165) is 11.6 Å². The van der Waals surface area contributed by atoms with E-state index in [4.69, 9.17) is 11.6 Å². The Balaban J connectivity index is 2.11. The van der Waals surface area contributed by atoms with Gasteiger partial charge in [0, 0.05) is 25.7 Å². The Hall–Kier alpha value is -1.22. The molecule has 110 valence electrons. The lowest BCUT2D eigenvalue weighted by Gasteiger charge is -2.28. The molecule has 3 nitrogen and oxygen atoms in total. The van der Waals surface area contributed by atoms with Gasteiger partial charge in [0.25, 0.3) is 5.91 Å². The van der Waals surface area contributed by atoms with Crippen LogP contribution in [0.1, 0.15) is 43.0 Å². The average Bonchev–Trinajstić information content (AvgIpc) is 2.43. The number of hydrogen-bond acceptors (Lipinski definition) is 2. The predicted octanol–water partition coefficient (Wildman–Crippen LogP) is 4.03. The topological polar surface area (TPSA) is 32.3 Å². The summed E-state index contributed by atoms with van der Waals surface area (Å²) in [7, 11) is 3.51. The lowest BCUT2D eigenvalue weighted by Crippen LogP contribution is -2.26. The molecule has 1 aliphatic carbocycles. The molecule has 1 amide bonds. The summed E-state index contributed by atoms with van der Waals surface area (Å²) in [6.45, 7) is 2.31. The van der Waals surface area contributed by atoms with Crippen LogP contribution in [0.5, 0.6) is 0 Å². The predicted molar refractivity (Wildman–Crippen MR) is 84.5 cm³/mol. The third kappa shape index (κ3) is 3.66. The van der Waals surface area contributed by atoms with E-state index in [1.807, 2.05) is 6.07 Å². The summed E-state index contributed by atoms with van der Waals surface area (Å²) in [6, 6.07) is 5.90. The standard InChI is InChI=1S/C16H23ClN2O/c1-11-4-7-13(8-5-11)18-15-10-12(6-9-14(15)17)16(20)19(2)3/h6,9-11,13,18H,4-5,7-8H2,1-3H3. The highest BCUT2D eigenvalue weighted by Gasteiger charge is 2.19. The molecule has 1 fully saturated rings. The van der Waals surface area contributed by atoms with Gasteiger partial charge < -0.3 is 10.2 Å².